The Kier molecular flexibility index (Phi) is 5.16. The number of anilines is 1. The van der Waals surface area contributed by atoms with Crippen LogP contribution in [-0.4, -0.2) is 56.7 Å². The number of piperazine rings is 1. The van der Waals surface area contributed by atoms with Crippen molar-refractivity contribution in [2.45, 2.75) is 51.3 Å². The van der Waals surface area contributed by atoms with Crippen LogP contribution in [0.3, 0.4) is 0 Å². The van der Waals surface area contributed by atoms with E-state index in [1.165, 1.54) is 0 Å². The fraction of sp³-hybridized carbons (Fsp3) is 0.556. The molecule has 1 amide bonds. The van der Waals surface area contributed by atoms with Gasteiger partial charge in [-0.3, -0.25) is 4.90 Å². The van der Waals surface area contributed by atoms with Crippen LogP contribution in [0.1, 0.15) is 33.6 Å². The number of ether oxygens (including phenoxy) is 1. The Balaban J connectivity index is 1.70. The molecule has 0 radical (unpaired) electrons. The van der Waals surface area contributed by atoms with Crippen molar-refractivity contribution in [3.05, 3.63) is 21.4 Å². The number of carbonyl (C=O) groups is 1. The van der Waals surface area contributed by atoms with Crippen molar-refractivity contribution >= 4 is 57.6 Å². The third-order valence-electron chi connectivity index (χ3n) is 5.04. The second-order valence-corrected chi connectivity index (χ2v) is 9.28. The van der Waals surface area contributed by atoms with Crippen LogP contribution in [0.25, 0.3) is 10.9 Å². The molecule has 29 heavy (non-hydrogen) atoms. The number of hydrogen-bond acceptors (Lipinski definition) is 6. The average molecular weight is 463 g/mol. The summed E-state index contributed by atoms with van der Waals surface area (Å²) >= 11 is 18.1. The first kappa shape index (κ1) is 20.6. The Morgan fingerprint density at radius 2 is 1.69 bits per heavy atom. The number of nitrogens with zero attached hydrogens (tertiary/aromatic N) is 5. The van der Waals surface area contributed by atoms with Crippen LogP contribution in [0.4, 0.5) is 15.0 Å². The van der Waals surface area contributed by atoms with Gasteiger partial charge in [0.1, 0.15) is 22.1 Å². The number of rotatable bonds is 1. The molecule has 156 valence electrons. The van der Waals surface area contributed by atoms with Gasteiger partial charge in [0, 0.05) is 13.1 Å². The molecule has 2 aliphatic heterocycles. The summed E-state index contributed by atoms with van der Waals surface area (Å²) in [6.07, 6.45) is 1.35. The summed E-state index contributed by atoms with van der Waals surface area (Å²) in [5.41, 5.74) is -0.646. The van der Waals surface area contributed by atoms with Crippen molar-refractivity contribution in [1.82, 2.24) is 19.9 Å². The maximum atomic E-state index is 14.5. The fourth-order valence-corrected chi connectivity index (χ4v) is 4.62. The van der Waals surface area contributed by atoms with E-state index in [-0.39, 0.29) is 44.7 Å². The summed E-state index contributed by atoms with van der Waals surface area (Å²) in [4.78, 5) is 28.5. The largest absolute Gasteiger partial charge is 0.444 e. The van der Waals surface area contributed by atoms with Gasteiger partial charge < -0.3 is 9.64 Å². The fourth-order valence-electron chi connectivity index (χ4n) is 3.98. The summed E-state index contributed by atoms with van der Waals surface area (Å²) in [6, 6.07) is -0.118. The molecule has 4 rings (SSSR count). The first-order chi connectivity index (χ1) is 13.5. The molecule has 7 nitrogen and oxygen atoms in total. The Morgan fingerprint density at radius 3 is 2.28 bits per heavy atom. The van der Waals surface area contributed by atoms with Crippen molar-refractivity contribution in [2.24, 2.45) is 0 Å². The third kappa shape index (κ3) is 3.78. The van der Waals surface area contributed by atoms with Gasteiger partial charge in [0.05, 0.1) is 17.5 Å². The van der Waals surface area contributed by atoms with Gasteiger partial charge >= 0.3 is 6.09 Å². The summed E-state index contributed by atoms with van der Waals surface area (Å²) < 4.78 is 20.1. The molecular weight excluding hydrogens is 444 g/mol. The molecule has 2 bridgehead atoms. The van der Waals surface area contributed by atoms with Crippen LogP contribution in [0, 0.1) is 5.82 Å². The minimum Gasteiger partial charge on any atom is -0.444 e. The zero-order valence-electron chi connectivity index (χ0n) is 16.0. The van der Waals surface area contributed by atoms with Crippen LogP contribution in [-0.2, 0) is 4.74 Å². The number of fused-ring (bicyclic) bond motifs is 3. The first-order valence-electron chi connectivity index (χ1n) is 9.19. The van der Waals surface area contributed by atoms with Gasteiger partial charge in [-0.2, -0.15) is 4.98 Å². The number of halogens is 4. The van der Waals surface area contributed by atoms with E-state index in [0.29, 0.717) is 18.9 Å². The number of hydrogen-bond donors (Lipinski definition) is 0. The van der Waals surface area contributed by atoms with Crippen LogP contribution in [0.15, 0.2) is 0 Å². The predicted octanol–water partition coefficient (Wildman–Crippen LogP) is 4.71. The van der Waals surface area contributed by atoms with E-state index in [9.17, 15) is 9.18 Å². The van der Waals surface area contributed by atoms with Crippen molar-refractivity contribution in [3.8, 4) is 0 Å². The molecule has 0 N–H and O–H groups in total. The quantitative estimate of drug-likeness (QED) is 0.451. The number of amides is 1. The van der Waals surface area contributed by atoms with E-state index >= 15 is 0 Å². The maximum absolute atomic E-state index is 14.5. The molecule has 2 saturated heterocycles. The van der Waals surface area contributed by atoms with E-state index in [1.54, 1.807) is 4.90 Å². The van der Waals surface area contributed by atoms with Crippen LogP contribution < -0.4 is 4.90 Å². The van der Waals surface area contributed by atoms with Crippen molar-refractivity contribution in [1.29, 1.82) is 0 Å². The highest BCUT2D eigenvalue weighted by molar-refractivity contribution is 6.37. The standard InChI is InChI=1S/C18H19Cl3FN5O2/c1-18(2,3)29-17(28)27-8-4-5-9(27)7-26(6-8)15-10-12(23-16(21)25-15)11(22)14(20)24-13(10)19/h8-9H,4-7H2,1-3H3/t8-,9+. The van der Waals surface area contributed by atoms with Crippen LogP contribution in [0.2, 0.25) is 15.6 Å². The van der Waals surface area contributed by atoms with E-state index in [2.05, 4.69) is 15.0 Å². The molecule has 4 heterocycles. The molecule has 0 saturated carbocycles. The monoisotopic (exact) mass is 461 g/mol. The summed E-state index contributed by atoms with van der Waals surface area (Å²) in [6.45, 7) is 6.49. The van der Waals surface area contributed by atoms with Crippen molar-refractivity contribution < 1.29 is 13.9 Å². The number of pyridine rings is 1. The highest BCUT2D eigenvalue weighted by Crippen LogP contribution is 2.38. The summed E-state index contributed by atoms with van der Waals surface area (Å²) in [5.74, 6) is -0.416. The molecule has 2 aromatic heterocycles. The summed E-state index contributed by atoms with van der Waals surface area (Å²) in [5, 5.41) is -0.243. The lowest BCUT2D eigenvalue weighted by molar-refractivity contribution is 0.0123. The Labute approximate surface area is 182 Å². The molecule has 0 unspecified atom stereocenters. The van der Waals surface area contributed by atoms with E-state index < -0.39 is 11.4 Å². The molecule has 0 aliphatic carbocycles. The Morgan fingerprint density at radius 1 is 1.07 bits per heavy atom. The zero-order chi connectivity index (χ0) is 21.1. The normalized spacial score (nSPS) is 21.8. The lowest BCUT2D eigenvalue weighted by Gasteiger charge is -2.42. The van der Waals surface area contributed by atoms with Crippen molar-refractivity contribution in [3.63, 3.8) is 0 Å². The Hall–Kier alpha value is -1.64. The zero-order valence-corrected chi connectivity index (χ0v) is 18.3. The molecule has 2 fully saturated rings. The van der Waals surface area contributed by atoms with E-state index in [1.807, 2.05) is 25.7 Å². The summed E-state index contributed by atoms with van der Waals surface area (Å²) in [7, 11) is 0. The lowest BCUT2D eigenvalue weighted by atomic mass is 10.1. The average Bonchev–Trinajstić information content (AvgIpc) is 2.87. The molecule has 0 aromatic carbocycles. The maximum Gasteiger partial charge on any atom is 0.410 e. The second kappa shape index (κ2) is 7.25. The van der Waals surface area contributed by atoms with Crippen LogP contribution >= 0.6 is 34.8 Å². The van der Waals surface area contributed by atoms with Gasteiger partial charge in [-0.1, -0.05) is 23.2 Å². The smallest absolute Gasteiger partial charge is 0.410 e. The molecule has 11 heteroatoms. The molecule has 2 aromatic rings. The van der Waals surface area contributed by atoms with Gasteiger partial charge in [0.2, 0.25) is 5.28 Å². The second-order valence-electron chi connectivity index (χ2n) is 8.22. The topological polar surface area (TPSA) is 71.5 Å². The number of aromatic nitrogens is 3. The predicted molar refractivity (Wildman–Crippen MR) is 109 cm³/mol. The Bertz CT molecular complexity index is 986. The van der Waals surface area contributed by atoms with Gasteiger partial charge in [0.15, 0.2) is 11.0 Å². The van der Waals surface area contributed by atoms with Crippen LogP contribution in [0.5, 0.6) is 0 Å². The minimum absolute atomic E-state index is 0.0000134. The molecule has 0 spiro atoms. The highest BCUT2D eigenvalue weighted by Gasteiger charge is 2.45. The molecule has 2 atom stereocenters. The SMILES string of the molecule is CC(C)(C)OC(=O)N1[C@@H]2CC[C@H]1CN(c1nc(Cl)nc3c(F)c(Cl)nc(Cl)c13)C2. The molecular formula is C18H19Cl3FN5O2. The first-order valence-corrected chi connectivity index (χ1v) is 10.3. The highest BCUT2D eigenvalue weighted by atomic mass is 35.5. The molecule has 2 aliphatic rings. The third-order valence-corrected chi connectivity index (χ3v) is 5.73. The van der Waals surface area contributed by atoms with Gasteiger partial charge in [-0.15, -0.1) is 0 Å². The van der Waals surface area contributed by atoms with Crippen molar-refractivity contribution in [2.75, 3.05) is 18.0 Å². The van der Waals surface area contributed by atoms with E-state index in [0.717, 1.165) is 12.8 Å². The van der Waals surface area contributed by atoms with Gasteiger partial charge in [-0.05, 0) is 45.2 Å². The van der Waals surface area contributed by atoms with Gasteiger partial charge in [-0.25, -0.2) is 19.2 Å². The minimum atomic E-state index is -0.799. The van der Waals surface area contributed by atoms with Gasteiger partial charge in [0.25, 0.3) is 0 Å². The number of carbonyl (C=O) groups excluding carboxylic acids is 1. The lowest BCUT2D eigenvalue weighted by Crippen LogP contribution is -2.57. The van der Waals surface area contributed by atoms with E-state index in [4.69, 9.17) is 39.5 Å².